The summed E-state index contributed by atoms with van der Waals surface area (Å²) in [5.74, 6) is -8.79. The monoisotopic (exact) mass is 522 g/mol. The second kappa shape index (κ2) is 10.9. The molecule has 0 amide bonds. The van der Waals surface area contributed by atoms with Crippen LogP contribution < -0.4 is 4.74 Å². The Morgan fingerprint density at radius 1 is 0.946 bits per heavy atom. The molecule has 1 aliphatic heterocycles. The highest BCUT2D eigenvalue weighted by Crippen LogP contribution is 2.41. The van der Waals surface area contributed by atoms with E-state index < -0.39 is 46.9 Å². The largest absolute Gasteiger partial charge is 0.496 e. The molecule has 1 aliphatic rings. The Balaban J connectivity index is 1.85. The Morgan fingerprint density at radius 3 is 2.16 bits per heavy atom. The van der Waals surface area contributed by atoms with Crippen LogP contribution in [-0.2, 0) is 9.47 Å². The topological polar surface area (TPSA) is 65.0 Å². The van der Waals surface area contributed by atoms with Crippen molar-refractivity contribution in [3.05, 3.63) is 76.6 Å². The van der Waals surface area contributed by atoms with Gasteiger partial charge in [-0.3, -0.25) is 0 Å². The first-order valence-electron chi connectivity index (χ1n) is 11.5. The van der Waals surface area contributed by atoms with Gasteiger partial charge in [-0.05, 0) is 41.8 Å². The van der Waals surface area contributed by atoms with Crippen LogP contribution in [0.15, 0.2) is 36.4 Å². The molecule has 0 bridgehead atoms. The highest BCUT2D eigenvalue weighted by atomic mass is 19.2. The van der Waals surface area contributed by atoms with E-state index in [1.165, 1.54) is 25.3 Å². The smallest absolute Gasteiger partial charge is 0.341 e. The Morgan fingerprint density at radius 2 is 1.59 bits per heavy atom. The molecule has 0 aliphatic carbocycles. The molecule has 1 heterocycles. The molecule has 0 spiro atoms. The first kappa shape index (κ1) is 26.6. The van der Waals surface area contributed by atoms with Gasteiger partial charge in [-0.15, -0.1) is 0 Å². The van der Waals surface area contributed by atoms with E-state index in [2.05, 4.69) is 0 Å². The van der Waals surface area contributed by atoms with Crippen molar-refractivity contribution in [2.75, 3.05) is 20.3 Å². The number of carboxylic acid groups (broad SMARTS) is 1. The minimum absolute atomic E-state index is 0.0166. The van der Waals surface area contributed by atoms with Gasteiger partial charge >= 0.3 is 5.97 Å². The fourth-order valence-corrected chi connectivity index (χ4v) is 4.41. The van der Waals surface area contributed by atoms with Gasteiger partial charge < -0.3 is 19.3 Å². The van der Waals surface area contributed by atoms with E-state index >= 15 is 4.39 Å². The molecule has 10 heteroatoms. The summed E-state index contributed by atoms with van der Waals surface area (Å²) in [6.07, 6.45) is 0.572. The maximum Gasteiger partial charge on any atom is 0.341 e. The molecular weight excluding hydrogens is 499 g/mol. The maximum absolute atomic E-state index is 15.6. The Bertz CT molecular complexity index is 1310. The predicted octanol–water partition coefficient (Wildman–Crippen LogP) is 6.88. The van der Waals surface area contributed by atoms with Gasteiger partial charge in [0.15, 0.2) is 23.7 Å². The average molecular weight is 522 g/mol. The first-order valence-corrected chi connectivity index (χ1v) is 11.5. The molecule has 0 saturated carbocycles. The molecule has 0 aromatic heterocycles. The third-order valence-electron chi connectivity index (χ3n) is 6.17. The van der Waals surface area contributed by atoms with E-state index in [9.17, 15) is 27.5 Å². The lowest BCUT2D eigenvalue weighted by molar-refractivity contribution is -0.205. The van der Waals surface area contributed by atoms with Crippen molar-refractivity contribution in [3.8, 4) is 28.0 Å². The lowest BCUT2D eigenvalue weighted by Gasteiger charge is -2.31. The summed E-state index contributed by atoms with van der Waals surface area (Å²) in [4.78, 5) is 11.6. The number of aromatic carboxylic acids is 1. The summed E-state index contributed by atoms with van der Waals surface area (Å²) in [6, 6.07) is 6.39. The molecule has 0 radical (unpaired) electrons. The van der Waals surface area contributed by atoms with Crippen molar-refractivity contribution in [2.45, 2.75) is 26.1 Å². The van der Waals surface area contributed by atoms with Crippen LogP contribution in [0.5, 0.6) is 5.75 Å². The van der Waals surface area contributed by atoms with Crippen molar-refractivity contribution in [1.82, 2.24) is 0 Å². The number of hydrogen-bond acceptors (Lipinski definition) is 4. The third-order valence-corrected chi connectivity index (χ3v) is 6.17. The predicted molar refractivity (Wildman–Crippen MR) is 124 cm³/mol. The quantitative estimate of drug-likeness (QED) is 0.271. The number of carbonyl (C=O) groups is 1. The minimum Gasteiger partial charge on any atom is -0.496 e. The van der Waals surface area contributed by atoms with Crippen LogP contribution in [0.1, 0.15) is 42.0 Å². The second-order valence-electron chi connectivity index (χ2n) is 8.64. The standard InChI is InChI=1S/C27H23F5O5/c1-3-4-13-11-36-27(37-12-13)17-10-18(28)23(26(33)34)25(32)22(17)14-5-6-16(21(9-14)35-2)15-7-19(29)24(31)20(30)8-15/h5-10,13,27H,3-4,11-12H2,1-2H3,(H,33,34). The SMILES string of the molecule is CCCC1COC(c2cc(F)c(C(=O)O)c(F)c2-c2ccc(-c3cc(F)c(F)c(F)c3)c(OC)c2)OC1. The summed E-state index contributed by atoms with van der Waals surface area (Å²) in [7, 11) is 1.25. The van der Waals surface area contributed by atoms with Crippen molar-refractivity contribution in [3.63, 3.8) is 0 Å². The van der Waals surface area contributed by atoms with E-state index in [4.69, 9.17) is 14.2 Å². The molecule has 5 nitrogen and oxygen atoms in total. The first-order chi connectivity index (χ1) is 17.7. The van der Waals surface area contributed by atoms with Gasteiger partial charge in [0.1, 0.15) is 22.9 Å². The molecule has 196 valence electrons. The van der Waals surface area contributed by atoms with E-state index in [-0.39, 0.29) is 52.7 Å². The molecule has 37 heavy (non-hydrogen) atoms. The molecule has 1 N–H and O–H groups in total. The normalized spacial score (nSPS) is 17.6. The zero-order valence-electron chi connectivity index (χ0n) is 19.9. The van der Waals surface area contributed by atoms with Gasteiger partial charge in [-0.2, -0.15) is 0 Å². The summed E-state index contributed by atoms with van der Waals surface area (Å²) >= 11 is 0. The van der Waals surface area contributed by atoms with Gasteiger partial charge in [-0.1, -0.05) is 25.5 Å². The molecular formula is C27H23F5O5. The number of hydrogen-bond donors (Lipinski definition) is 1. The second-order valence-corrected chi connectivity index (χ2v) is 8.64. The van der Waals surface area contributed by atoms with Gasteiger partial charge in [-0.25, -0.2) is 26.7 Å². The Kier molecular flexibility index (Phi) is 7.79. The zero-order chi connectivity index (χ0) is 26.9. The molecule has 1 fully saturated rings. The highest BCUT2D eigenvalue weighted by Gasteiger charge is 2.31. The van der Waals surface area contributed by atoms with Crippen LogP contribution in [0.3, 0.4) is 0 Å². The van der Waals surface area contributed by atoms with Crippen molar-refractivity contribution in [1.29, 1.82) is 0 Å². The van der Waals surface area contributed by atoms with Gasteiger partial charge in [0.05, 0.1) is 20.3 Å². The fraction of sp³-hybridized carbons (Fsp3) is 0.296. The molecule has 0 atom stereocenters. The van der Waals surface area contributed by atoms with Crippen LogP contribution in [-0.4, -0.2) is 31.4 Å². The molecule has 1 saturated heterocycles. The van der Waals surface area contributed by atoms with E-state index in [1.807, 2.05) is 6.92 Å². The van der Waals surface area contributed by atoms with E-state index in [1.54, 1.807) is 0 Å². The third kappa shape index (κ3) is 5.17. The maximum atomic E-state index is 15.6. The number of rotatable bonds is 7. The minimum atomic E-state index is -1.81. The van der Waals surface area contributed by atoms with Gasteiger partial charge in [0.25, 0.3) is 0 Å². The van der Waals surface area contributed by atoms with Crippen LogP contribution in [0.4, 0.5) is 22.0 Å². The fourth-order valence-electron chi connectivity index (χ4n) is 4.41. The lowest BCUT2D eigenvalue weighted by atomic mass is 9.92. The number of carboxylic acids is 1. The van der Waals surface area contributed by atoms with Crippen LogP contribution in [0.25, 0.3) is 22.3 Å². The van der Waals surface area contributed by atoms with Crippen molar-refractivity contribution >= 4 is 5.97 Å². The number of ether oxygens (including phenoxy) is 3. The van der Waals surface area contributed by atoms with Crippen molar-refractivity contribution in [2.24, 2.45) is 5.92 Å². The van der Waals surface area contributed by atoms with E-state index in [0.29, 0.717) is 0 Å². The summed E-state index contributed by atoms with van der Waals surface area (Å²) in [5.41, 5.74) is -1.35. The van der Waals surface area contributed by atoms with Crippen LogP contribution >= 0.6 is 0 Å². The summed E-state index contributed by atoms with van der Waals surface area (Å²) in [5, 5.41) is 9.41. The average Bonchev–Trinajstić information content (AvgIpc) is 2.86. The highest BCUT2D eigenvalue weighted by molar-refractivity contribution is 5.91. The van der Waals surface area contributed by atoms with Gasteiger partial charge in [0, 0.05) is 22.6 Å². The van der Waals surface area contributed by atoms with Crippen molar-refractivity contribution < 1.29 is 46.1 Å². The molecule has 3 aromatic carbocycles. The summed E-state index contributed by atoms with van der Waals surface area (Å²) in [6.45, 7) is 2.57. The molecule has 4 rings (SSSR count). The van der Waals surface area contributed by atoms with E-state index in [0.717, 1.165) is 31.0 Å². The zero-order valence-corrected chi connectivity index (χ0v) is 19.9. The van der Waals surface area contributed by atoms with Crippen LogP contribution in [0.2, 0.25) is 0 Å². The Labute approximate surface area is 209 Å². The number of benzene rings is 3. The molecule has 3 aromatic rings. The summed E-state index contributed by atoms with van der Waals surface area (Å²) < 4.78 is 88.2. The number of halogens is 5. The Hall–Kier alpha value is -3.50. The van der Waals surface area contributed by atoms with Crippen LogP contribution in [0, 0.1) is 35.0 Å². The van der Waals surface area contributed by atoms with Gasteiger partial charge in [0.2, 0.25) is 0 Å². The lowest BCUT2D eigenvalue weighted by Crippen LogP contribution is -2.27. The molecule has 0 unspecified atom stereocenters. The number of methoxy groups -OCH3 is 1.